The number of amides is 2. The Morgan fingerprint density at radius 2 is 1.83 bits per heavy atom. The Hall–Kier alpha value is -3.91. The standard InChI is InChI=1S/C25H32N6O5/c1-7-8-9-20-21(27-31(26-20)19-12-10-18(11-13-19)23(33)35-6)22(32)28-29-14-15-30(17(2)16-29)24(34)36-25(3,4)5/h10-13,17H,7,14-16H2,1-6H3,(H,28,32). The van der Waals surface area contributed by atoms with Gasteiger partial charge in [0.05, 0.1) is 18.4 Å². The van der Waals surface area contributed by atoms with Crippen LogP contribution in [-0.2, 0) is 9.47 Å². The fourth-order valence-electron chi connectivity index (χ4n) is 3.53. The summed E-state index contributed by atoms with van der Waals surface area (Å²) in [4.78, 5) is 40.2. The molecule has 1 atom stereocenters. The van der Waals surface area contributed by atoms with Gasteiger partial charge in [0.25, 0.3) is 5.91 Å². The summed E-state index contributed by atoms with van der Waals surface area (Å²) in [6.45, 7) is 10.5. The average molecular weight is 497 g/mol. The molecule has 2 heterocycles. The number of hydrazine groups is 1. The molecule has 1 aromatic heterocycles. The second kappa shape index (κ2) is 11.2. The minimum absolute atomic E-state index is 0.0789. The van der Waals surface area contributed by atoms with Crippen molar-refractivity contribution < 1.29 is 23.9 Å². The van der Waals surface area contributed by atoms with Gasteiger partial charge in [-0.1, -0.05) is 12.8 Å². The number of benzene rings is 1. The van der Waals surface area contributed by atoms with Crippen molar-refractivity contribution in [2.24, 2.45) is 0 Å². The summed E-state index contributed by atoms with van der Waals surface area (Å²) in [5.74, 6) is 4.91. The highest BCUT2D eigenvalue weighted by Crippen LogP contribution is 2.16. The molecule has 0 saturated carbocycles. The second-order valence-electron chi connectivity index (χ2n) is 9.29. The molecule has 1 aromatic carbocycles. The van der Waals surface area contributed by atoms with Crippen molar-refractivity contribution in [3.05, 3.63) is 41.2 Å². The third-order valence-corrected chi connectivity index (χ3v) is 5.25. The molecule has 1 N–H and O–H groups in total. The van der Waals surface area contributed by atoms with Crippen molar-refractivity contribution in [3.63, 3.8) is 0 Å². The zero-order chi connectivity index (χ0) is 26.5. The fraction of sp³-hybridized carbons (Fsp3) is 0.480. The van der Waals surface area contributed by atoms with Crippen LogP contribution in [0.25, 0.3) is 5.69 Å². The highest BCUT2D eigenvalue weighted by Gasteiger charge is 2.32. The van der Waals surface area contributed by atoms with Gasteiger partial charge in [0.15, 0.2) is 11.4 Å². The van der Waals surface area contributed by atoms with E-state index < -0.39 is 17.5 Å². The molecule has 2 amide bonds. The molecule has 1 aliphatic rings. The number of ether oxygens (including phenoxy) is 2. The summed E-state index contributed by atoms with van der Waals surface area (Å²) in [5, 5.41) is 10.5. The number of carbonyl (C=O) groups is 3. The minimum Gasteiger partial charge on any atom is -0.465 e. The number of esters is 1. The third-order valence-electron chi connectivity index (χ3n) is 5.25. The molecule has 192 valence electrons. The Balaban J connectivity index is 1.74. The largest absolute Gasteiger partial charge is 0.465 e. The zero-order valence-corrected chi connectivity index (χ0v) is 21.5. The Morgan fingerprint density at radius 3 is 2.42 bits per heavy atom. The number of nitrogens with one attached hydrogen (secondary N) is 1. The summed E-state index contributed by atoms with van der Waals surface area (Å²) < 4.78 is 10.2. The Bertz CT molecular complexity index is 1170. The lowest BCUT2D eigenvalue weighted by molar-refractivity contribution is -0.00487. The van der Waals surface area contributed by atoms with Gasteiger partial charge in [-0.25, -0.2) is 14.6 Å². The molecule has 36 heavy (non-hydrogen) atoms. The molecule has 1 saturated heterocycles. The third kappa shape index (κ3) is 6.60. The maximum Gasteiger partial charge on any atom is 0.410 e. The average Bonchev–Trinajstić information content (AvgIpc) is 3.25. The van der Waals surface area contributed by atoms with E-state index in [0.29, 0.717) is 37.3 Å². The van der Waals surface area contributed by atoms with Crippen LogP contribution in [0.3, 0.4) is 0 Å². The number of rotatable bonds is 4. The number of hydrogen-bond donors (Lipinski definition) is 1. The molecular formula is C25H32N6O5. The molecule has 1 fully saturated rings. The first-order valence-electron chi connectivity index (χ1n) is 11.7. The summed E-state index contributed by atoms with van der Waals surface area (Å²) in [7, 11) is 1.31. The Labute approximate surface area is 210 Å². The number of carbonyl (C=O) groups excluding carboxylic acids is 3. The summed E-state index contributed by atoms with van der Waals surface area (Å²) in [5.41, 5.74) is 3.54. The number of hydrogen-bond acceptors (Lipinski definition) is 8. The predicted molar refractivity (Wildman–Crippen MR) is 131 cm³/mol. The van der Waals surface area contributed by atoms with E-state index in [0.717, 1.165) is 0 Å². The molecule has 11 nitrogen and oxygen atoms in total. The highest BCUT2D eigenvalue weighted by atomic mass is 16.6. The van der Waals surface area contributed by atoms with Crippen LogP contribution in [0.1, 0.15) is 67.6 Å². The normalized spacial score (nSPS) is 16.1. The summed E-state index contributed by atoms with van der Waals surface area (Å²) in [6.07, 6.45) is 0.213. The van der Waals surface area contributed by atoms with Gasteiger partial charge in [0.1, 0.15) is 5.60 Å². The molecule has 1 aliphatic heterocycles. The number of piperazine rings is 1. The van der Waals surface area contributed by atoms with Crippen molar-refractivity contribution in [3.8, 4) is 17.5 Å². The van der Waals surface area contributed by atoms with Crippen LogP contribution in [0.15, 0.2) is 24.3 Å². The molecule has 3 rings (SSSR count). The van der Waals surface area contributed by atoms with E-state index in [4.69, 9.17) is 9.47 Å². The quantitative estimate of drug-likeness (QED) is 0.506. The zero-order valence-electron chi connectivity index (χ0n) is 21.5. The van der Waals surface area contributed by atoms with Crippen molar-refractivity contribution in [1.29, 1.82) is 0 Å². The topological polar surface area (TPSA) is 119 Å². The van der Waals surface area contributed by atoms with Crippen LogP contribution in [0, 0.1) is 11.8 Å². The van der Waals surface area contributed by atoms with E-state index >= 15 is 0 Å². The molecule has 0 bridgehead atoms. The molecule has 2 aromatic rings. The van der Waals surface area contributed by atoms with Crippen LogP contribution in [0.4, 0.5) is 4.79 Å². The van der Waals surface area contributed by atoms with Crippen molar-refractivity contribution >= 4 is 18.0 Å². The number of aromatic nitrogens is 3. The Morgan fingerprint density at radius 1 is 1.14 bits per heavy atom. The van der Waals surface area contributed by atoms with Crippen molar-refractivity contribution in [1.82, 2.24) is 30.3 Å². The van der Waals surface area contributed by atoms with E-state index in [1.807, 2.05) is 34.6 Å². The van der Waals surface area contributed by atoms with Crippen LogP contribution in [0.5, 0.6) is 0 Å². The molecule has 1 unspecified atom stereocenters. The highest BCUT2D eigenvalue weighted by molar-refractivity contribution is 5.94. The van der Waals surface area contributed by atoms with Crippen LogP contribution >= 0.6 is 0 Å². The summed E-state index contributed by atoms with van der Waals surface area (Å²) in [6, 6.07) is 6.32. The number of methoxy groups -OCH3 is 1. The van der Waals surface area contributed by atoms with Gasteiger partial charge in [0.2, 0.25) is 0 Å². The molecule has 0 aliphatic carbocycles. The number of nitrogens with zero attached hydrogens (tertiary/aromatic N) is 5. The monoisotopic (exact) mass is 496 g/mol. The van der Waals surface area contributed by atoms with Crippen molar-refractivity contribution in [2.75, 3.05) is 26.7 Å². The van der Waals surface area contributed by atoms with E-state index in [9.17, 15) is 14.4 Å². The van der Waals surface area contributed by atoms with Gasteiger partial charge in [-0.05, 0) is 57.9 Å². The minimum atomic E-state index is -0.580. The van der Waals surface area contributed by atoms with Crippen molar-refractivity contribution in [2.45, 2.75) is 52.7 Å². The van der Waals surface area contributed by atoms with E-state index in [1.165, 1.54) is 11.9 Å². The molecule has 11 heteroatoms. The fourth-order valence-corrected chi connectivity index (χ4v) is 3.53. The maximum atomic E-state index is 13.1. The van der Waals surface area contributed by atoms with Gasteiger partial charge in [-0.3, -0.25) is 10.2 Å². The molecular weight excluding hydrogens is 464 g/mol. The van der Waals surface area contributed by atoms with Gasteiger partial charge in [-0.15, -0.1) is 15.0 Å². The lowest BCUT2D eigenvalue weighted by Crippen LogP contribution is -2.59. The SMILES string of the molecule is CCC#Cc1nn(-c2ccc(C(=O)OC)cc2)nc1C(=O)NN1CCN(C(=O)OC(C)(C)C)C(C)C1. The Kier molecular flexibility index (Phi) is 8.32. The van der Waals surface area contributed by atoms with Gasteiger partial charge < -0.3 is 14.4 Å². The van der Waals surface area contributed by atoms with Gasteiger partial charge in [-0.2, -0.15) is 0 Å². The van der Waals surface area contributed by atoms with Gasteiger partial charge >= 0.3 is 12.1 Å². The second-order valence-corrected chi connectivity index (χ2v) is 9.29. The molecule has 0 radical (unpaired) electrons. The lowest BCUT2D eigenvalue weighted by atomic mass is 10.2. The van der Waals surface area contributed by atoms with E-state index in [-0.39, 0.29) is 23.5 Å². The van der Waals surface area contributed by atoms with Gasteiger partial charge in [0, 0.05) is 32.1 Å². The van der Waals surface area contributed by atoms with Crippen LogP contribution in [0.2, 0.25) is 0 Å². The first-order chi connectivity index (χ1) is 17.0. The maximum absolute atomic E-state index is 13.1. The summed E-state index contributed by atoms with van der Waals surface area (Å²) >= 11 is 0. The first kappa shape index (κ1) is 26.7. The smallest absolute Gasteiger partial charge is 0.410 e. The predicted octanol–water partition coefficient (Wildman–Crippen LogP) is 2.40. The van der Waals surface area contributed by atoms with Crippen LogP contribution < -0.4 is 5.43 Å². The van der Waals surface area contributed by atoms with E-state index in [1.54, 1.807) is 34.2 Å². The lowest BCUT2D eigenvalue weighted by Gasteiger charge is -2.39. The van der Waals surface area contributed by atoms with Crippen LogP contribution in [-0.4, -0.2) is 81.3 Å². The molecule has 0 spiro atoms. The van der Waals surface area contributed by atoms with E-state index in [2.05, 4.69) is 27.5 Å². The first-order valence-corrected chi connectivity index (χ1v) is 11.7.